The number of benzene rings is 1. The Bertz CT molecular complexity index is 1030. The molecule has 1 aromatic heterocycles. The number of rotatable bonds is 7. The third-order valence-electron chi connectivity index (χ3n) is 5.90. The number of hydrogen-bond donors (Lipinski definition) is 0. The molecule has 164 valence electrons. The van der Waals surface area contributed by atoms with Crippen LogP contribution >= 0.6 is 11.3 Å². The minimum Gasteiger partial charge on any atom is -0.369 e. The van der Waals surface area contributed by atoms with E-state index >= 15 is 0 Å². The van der Waals surface area contributed by atoms with Gasteiger partial charge in [-0.2, -0.15) is 0 Å². The van der Waals surface area contributed by atoms with E-state index in [4.69, 9.17) is 0 Å². The summed E-state index contributed by atoms with van der Waals surface area (Å²) in [6.45, 7) is 14.5. The van der Waals surface area contributed by atoms with Crippen molar-refractivity contribution >= 4 is 28.4 Å². The third-order valence-corrected chi connectivity index (χ3v) is 6.89. The van der Waals surface area contributed by atoms with Crippen LogP contribution in [0.2, 0.25) is 0 Å². The van der Waals surface area contributed by atoms with Gasteiger partial charge < -0.3 is 9.80 Å². The second kappa shape index (κ2) is 10.1. The molecule has 2 heterocycles. The van der Waals surface area contributed by atoms with Gasteiger partial charge in [-0.1, -0.05) is 37.8 Å². The Kier molecular flexibility index (Phi) is 7.50. The van der Waals surface area contributed by atoms with Gasteiger partial charge in [-0.15, -0.1) is 11.3 Å². The fraction of sp³-hybridized carbons (Fsp3) is 0.385. The number of carbonyl (C=O) groups is 1. The number of likely N-dealkylation sites (N-methyl/N-ethyl adjacent to an activating group) is 1. The van der Waals surface area contributed by atoms with Gasteiger partial charge in [-0.25, -0.2) is 4.98 Å². The number of hydrogen-bond acceptors (Lipinski definition) is 4. The lowest BCUT2D eigenvalue weighted by Crippen LogP contribution is -2.40. The van der Waals surface area contributed by atoms with E-state index in [1.54, 1.807) is 11.3 Å². The van der Waals surface area contributed by atoms with Gasteiger partial charge >= 0.3 is 0 Å². The van der Waals surface area contributed by atoms with E-state index in [-0.39, 0.29) is 5.91 Å². The van der Waals surface area contributed by atoms with Gasteiger partial charge in [-0.3, -0.25) is 4.79 Å². The maximum absolute atomic E-state index is 12.9. The molecule has 0 saturated carbocycles. The number of aromatic nitrogens is 1. The molecule has 0 saturated heterocycles. The zero-order chi connectivity index (χ0) is 22.5. The molecule has 0 bridgehead atoms. The highest BCUT2D eigenvalue weighted by Crippen LogP contribution is 2.26. The fourth-order valence-electron chi connectivity index (χ4n) is 3.71. The van der Waals surface area contributed by atoms with Gasteiger partial charge in [0.25, 0.3) is 0 Å². The predicted molar refractivity (Wildman–Crippen MR) is 132 cm³/mol. The molecule has 1 aliphatic heterocycles. The Balaban J connectivity index is 1.62. The van der Waals surface area contributed by atoms with Crippen molar-refractivity contribution in [1.82, 2.24) is 14.8 Å². The highest BCUT2D eigenvalue weighted by molar-refractivity contribution is 7.12. The van der Waals surface area contributed by atoms with Crippen LogP contribution in [0.5, 0.6) is 0 Å². The summed E-state index contributed by atoms with van der Waals surface area (Å²) in [5, 5.41) is 1.09. The zero-order valence-corrected chi connectivity index (χ0v) is 20.2. The van der Waals surface area contributed by atoms with Crippen LogP contribution in [0.1, 0.15) is 46.3 Å². The van der Waals surface area contributed by atoms with E-state index in [2.05, 4.69) is 74.5 Å². The summed E-state index contributed by atoms with van der Waals surface area (Å²) in [7, 11) is 1.99. The molecule has 4 nitrogen and oxygen atoms in total. The van der Waals surface area contributed by atoms with E-state index in [0.717, 1.165) is 41.2 Å². The predicted octanol–water partition coefficient (Wildman–Crippen LogP) is 5.62. The highest BCUT2D eigenvalue weighted by atomic mass is 32.1. The Morgan fingerprint density at radius 2 is 2.06 bits per heavy atom. The van der Waals surface area contributed by atoms with Gasteiger partial charge in [0.1, 0.15) is 5.01 Å². The van der Waals surface area contributed by atoms with Crippen LogP contribution in [0.4, 0.5) is 0 Å². The van der Waals surface area contributed by atoms with Gasteiger partial charge in [-0.05, 0) is 67.5 Å². The first kappa shape index (κ1) is 23.0. The topological polar surface area (TPSA) is 36.4 Å². The number of thiazole rings is 1. The second-order valence-electron chi connectivity index (χ2n) is 8.26. The van der Waals surface area contributed by atoms with Gasteiger partial charge in [0, 0.05) is 36.9 Å². The first-order chi connectivity index (χ1) is 14.8. The lowest BCUT2D eigenvalue weighted by atomic mass is 10.0. The molecule has 0 fully saturated rings. The maximum atomic E-state index is 12.9. The Labute approximate surface area is 190 Å². The van der Waals surface area contributed by atoms with Crippen molar-refractivity contribution in [2.24, 2.45) is 0 Å². The molecule has 0 atom stereocenters. The van der Waals surface area contributed by atoms with E-state index in [1.807, 2.05) is 18.1 Å². The van der Waals surface area contributed by atoms with Crippen molar-refractivity contribution in [2.75, 3.05) is 26.7 Å². The molecule has 31 heavy (non-hydrogen) atoms. The van der Waals surface area contributed by atoms with Crippen LogP contribution in [-0.2, 0) is 4.79 Å². The number of amides is 1. The van der Waals surface area contributed by atoms with E-state index in [9.17, 15) is 4.79 Å². The summed E-state index contributed by atoms with van der Waals surface area (Å²) in [5.74, 6) is 0.157. The Hall–Kier alpha value is -2.66. The molecule has 1 amide bonds. The van der Waals surface area contributed by atoms with Crippen molar-refractivity contribution in [1.29, 1.82) is 0 Å². The lowest BCUT2D eigenvalue weighted by molar-refractivity contribution is -0.131. The molecule has 1 aliphatic rings. The second-order valence-corrected chi connectivity index (χ2v) is 9.50. The molecular formula is C26H33N3OS. The average Bonchev–Trinajstić information content (AvgIpc) is 3.20. The Morgan fingerprint density at radius 1 is 1.29 bits per heavy atom. The van der Waals surface area contributed by atoms with Crippen LogP contribution in [0.15, 0.2) is 48.8 Å². The van der Waals surface area contributed by atoms with Crippen molar-refractivity contribution in [3.63, 3.8) is 0 Å². The van der Waals surface area contributed by atoms with Crippen LogP contribution < -0.4 is 0 Å². The summed E-state index contributed by atoms with van der Waals surface area (Å²) in [5.41, 5.74) is 7.02. The third kappa shape index (κ3) is 5.73. The number of aryl methyl sites for hydroxylation is 3. The van der Waals surface area contributed by atoms with Crippen molar-refractivity contribution in [3.8, 4) is 0 Å². The summed E-state index contributed by atoms with van der Waals surface area (Å²) in [6, 6.07) is 6.42. The smallest absolute Gasteiger partial charge is 0.242 e. The molecular weight excluding hydrogens is 402 g/mol. The van der Waals surface area contributed by atoms with Crippen LogP contribution in [0.25, 0.3) is 11.1 Å². The molecule has 0 aliphatic carbocycles. The first-order valence-corrected chi connectivity index (χ1v) is 11.7. The molecule has 0 N–H and O–H groups in total. The summed E-state index contributed by atoms with van der Waals surface area (Å²) < 4.78 is 0. The van der Waals surface area contributed by atoms with Crippen molar-refractivity contribution in [2.45, 2.75) is 40.5 Å². The van der Waals surface area contributed by atoms with E-state index in [0.29, 0.717) is 13.1 Å². The molecule has 3 rings (SSSR count). The number of allylic oxidation sites excluding steroid dienone is 3. The first-order valence-electron chi connectivity index (χ1n) is 10.9. The summed E-state index contributed by atoms with van der Waals surface area (Å²) in [4.78, 5) is 22.6. The molecule has 2 aromatic rings. The number of nitrogens with zero attached hydrogens (tertiary/aromatic N) is 3. The largest absolute Gasteiger partial charge is 0.369 e. The standard InChI is InChI=1S/C26H33N3OS/c1-7-24(15-20(4)23-9-8-18(2)19(3)14-23)28(6)17-25(30)29-12-10-22(11-13-29)26-27-16-21(5)31-26/h8-10,14-16H,4,7,11-13,17H2,1-3,5-6H3/b24-15-. The SMILES string of the molecule is C=C(/C=C(/CC)N(C)CC(=O)N1CC=C(c2ncc(C)s2)CC1)c1ccc(C)c(C)c1. The maximum Gasteiger partial charge on any atom is 0.242 e. The molecule has 0 spiro atoms. The minimum absolute atomic E-state index is 0.157. The zero-order valence-electron chi connectivity index (χ0n) is 19.4. The Morgan fingerprint density at radius 3 is 2.65 bits per heavy atom. The fourth-order valence-corrected chi connectivity index (χ4v) is 4.54. The van der Waals surface area contributed by atoms with Crippen LogP contribution in [-0.4, -0.2) is 47.4 Å². The van der Waals surface area contributed by atoms with Gasteiger partial charge in [0.05, 0.1) is 6.54 Å². The normalized spacial score (nSPS) is 14.4. The van der Waals surface area contributed by atoms with Gasteiger partial charge in [0.15, 0.2) is 0 Å². The van der Waals surface area contributed by atoms with E-state index in [1.165, 1.54) is 21.6 Å². The minimum atomic E-state index is 0.157. The van der Waals surface area contributed by atoms with Crippen molar-refractivity contribution < 1.29 is 4.79 Å². The number of carbonyl (C=O) groups excluding carboxylic acids is 1. The van der Waals surface area contributed by atoms with Gasteiger partial charge in [0.2, 0.25) is 5.91 Å². The average molecular weight is 436 g/mol. The monoisotopic (exact) mass is 435 g/mol. The molecule has 0 radical (unpaired) electrons. The van der Waals surface area contributed by atoms with Crippen LogP contribution in [0, 0.1) is 20.8 Å². The van der Waals surface area contributed by atoms with Crippen LogP contribution in [0.3, 0.4) is 0 Å². The quantitative estimate of drug-likeness (QED) is 0.529. The van der Waals surface area contributed by atoms with Crippen molar-refractivity contribution in [3.05, 3.63) is 75.4 Å². The summed E-state index contributed by atoms with van der Waals surface area (Å²) in [6.07, 6.45) is 7.88. The highest BCUT2D eigenvalue weighted by Gasteiger charge is 2.20. The summed E-state index contributed by atoms with van der Waals surface area (Å²) >= 11 is 1.72. The lowest BCUT2D eigenvalue weighted by Gasteiger charge is -2.29. The molecule has 5 heteroatoms. The van der Waals surface area contributed by atoms with E-state index < -0.39 is 0 Å². The molecule has 0 unspecified atom stereocenters. The molecule has 1 aromatic carbocycles.